The molecule has 2 aromatic rings. The Balaban J connectivity index is 1.99. The largest absolute Gasteiger partial charge is 0.497 e. The predicted molar refractivity (Wildman–Crippen MR) is 96.9 cm³/mol. The Kier molecular flexibility index (Phi) is 6.24. The first-order valence-corrected chi connectivity index (χ1v) is 8.25. The van der Waals surface area contributed by atoms with Crippen LogP contribution in [0.15, 0.2) is 48.5 Å². The lowest BCUT2D eigenvalue weighted by molar-refractivity contribution is -0.122. The van der Waals surface area contributed by atoms with Crippen molar-refractivity contribution < 1.29 is 14.3 Å². The molecule has 128 valence electrons. The van der Waals surface area contributed by atoms with Crippen molar-refractivity contribution in [2.45, 2.75) is 39.2 Å². The Labute approximate surface area is 143 Å². The average molecular weight is 327 g/mol. The van der Waals surface area contributed by atoms with E-state index in [-0.39, 0.29) is 5.91 Å². The van der Waals surface area contributed by atoms with Crippen molar-refractivity contribution >= 4 is 11.6 Å². The lowest BCUT2D eigenvalue weighted by atomic mass is 10.0. The second-order valence-corrected chi connectivity index (χ2v) is 5.96. The van der Waals surface area contributed by atoms with Gasteiger partial charge in [0.05, 0.1) is 7.11 Å². The number of ether oxygens (including phenoxy) is 2. The van der Waals surface area contributed by atoms with Crippen molar-refractivity contribution in [1.29, 1.82) is 0 Å². The quantitative estimate of drug-likeness (QED) is 0.807. The zero-order valence-electron chi connectivity index (χ0n) is 14.7. The molecule has 1 N–H and O–H groups in total. The molecule has 0 aliphatic heterocycles. The van der Waals surface area contributed by atoms with E-state index in [9.17, 15) is 4.79 Å². The maximum Gasteiger partial charge on any atom is 0.265 e. The van der Waals surface area contributed by atoms with Crippen molar-refractivity contribution in [3.63, 3.8) is 0 Å². The molecule has 2 rings (SSSR count). The Morgan fingerprint density at radius 2 is 1.58 bits per heavy atom. The summed E-state index contributed by atoms with van der Waals surface area (Å²) in [6.07, 6.45) is 0.0465. The van der Waals surface area contributed by atoms with Crippen LogP contribution in [0.5, 0.6) is 11.5 Å². The van der Waals surface area contributed by atoms with E-state index in [2.05, 4.69) is 19.2 Å². The van der Waals surface area contributed by atoms with Crippen LogP contribution in [-0.4, -0.2) is 19.1 Å². The Morgan fingerprint density at radius 1 is 1.00 bits per heavy atom. The van der Waals surface area contributed by atoms with Crippen molar-refractivity contribution in [3.8, 4) is 11.5 Å². The highest BCUT2D eigenvalue weighted by Crippen LogP contribution is 2.20. The Hall–Kier alpha value is -2.49. The maximum absolute atomic E-state index is 12.4. The number of amides is 1. The molecule has 1 atom stereocenters. The molecule has 1 amide bonds. The fraction of sp³-hybridized carbons (Fsp3) is 0.350. The third-order valence-electron chi connectivity index (χ3n) is 3.85. The van der Waals surface area contributed by atoms with Gasteiger partial charge in [-0.15, -0.1) is 0 Å². The van der Waals surface area contributed by atoms with Crippen LogP contribution in [0.3, 0.4) is 0 Å². The van der Waals surface area contributed by atoms with E-state index in [1.807, 2.05) is 43.3 Å². The van der Waals surface area contributed by atoms with Gasteiger partial charge in [-0.25, -0.2) is 0 Å². The highest BCUT2D eigenvalue weighted by atomic mass is 16.5. The number of rotatable bonds is 7. The lowest BCUT2D eigenvalue weighted by Gasteiger charge is -2.18. The van der Waals surface area contributed by atoms with Crippen LogP contribution in [0.2, 0.25) is 0 Å². The summed E-state index contributed by atoms with van der Waals surface area (Å²) in [5, 5.41) is 2.91. The summed E-state index contributed by atoms with van der Waals surface area (Å²) in [6, 6.07) is 15.1. The van der Waals surface area contributed by atoms with Crippen LogP contribution in [-0.2, 0) is 4.79 Å². The number of benzene rings is 2. The molecule has 0 radical (unpaired) electrons. The third-order valence-corrected chi connectivity index (χ3v) is 3.85. The van der Waals surface area contributed by atoms with Crippen LogP contribution < -0.4 is 14.8 Å². The molecule has 4 heteroatoms. The summed E-state index contributed by atoms with van der Waals surface area (Å²) >= 11 is 0. The first-order valence-electron chi connectivity index (χ1n) is 8.25. The highest BCUT2D eigenvalue weighted by Gasteiger charge is 2.18. The molecule has 0 aliphatic carbocycles. The van der Waals surface area contributed by atoms with Crippen LogP contribution >= 0.6 is 0 Å². The molecule has 0 saturated heterocycles. The van der Waals surface area contributed by atoms with E-state index in [1.54, 1.807) is 19.2 Å². The molecule has 0 bridgehead atoms. The van der Waals surface area contributed by atoms with Crippen molar-refractivity contribution in [2.75, 3.05) is 12.4 Å². The topological polar surface area (TPSA) is 47.6 Å². The average Bonchev–Trinajstić information content (AvgIpc) is 2.60. The van der Waals surface area contributed by atoms with E-state index < -0.39 is 6.10 Å². The van der Waals surface area contributed by atoms with Gasteiger partial charge in [-0.1, -0.05) is 32.9 Å². The molecule has 0 fully saturated rings. The molecule has 2 aromatic carbocycles. The van der Waals surface area contributed by atoms with Crippen molar-refractivity contribution in [3.05, 3.63) is 54.1 Å². The van der Waals surface area contributed by atoms with Gasteiger partial charge in [0.15, 0.2) is 6.10 Å². The number of nitrogens with one attached hydrogen (secondary N) is 1. The fourth-order valence-electron chi connectivity index (χ4n) is 2.31. The normalized spacial score (nSPS) is 11.9. The lowest BCUT2D eigenvalue weighted by Crippen LogP contribution is -2.32. The van der Waals surface area contributed by atoms with Gasteiger partial charge in [0.2, 0.25) is 0 Å². The number of carbonyl (C=O) groups is 1. The summed E-state index contributed by atoms with van der Waals surface area (Å²) in [7, 11) is 1.61. The number of hydrogen-bond donors (Lipinski definition) is 1. The summed E-state index contributed by atoms with van der Waals surface area (Å²) in [6.45, 7) is 6.21. The van der Waals surface area contributed by atoms with Gasteiger partial charge in [0.25, 0.3) is 5.91 Å². The van der Waals surface area contributed by atoms with E-state index in [0.717, 1.165) is 11.4 Å². The zero-order chi connectivity index (χ0) is 17.5. The molecule has 0 heterocycles. The molecule has 24 heavy (non-hydrogen) atoms. The van der Waals surface area contributed by atoms with Gasteiger partial charge in [-0.3, -0.25) is 4.79 Å². The molecule has 0 spiro atoms. The van der Waals surface area contributed by atoms with Gasteiger partial charge in [-0.2, -0.15) is 0 Å². The maximum atomic E-state index is 12.4. The number of anilines is 1. The van der Waals surface area contributed by atoms with Gasteiger partial charge in [0, 0.05) is 5.69 Å². The van der Waals surface area contributed by atoms with E-state index in [1.165, 1.54) is 5.56 Å². The SMILES string of the molecule is CC[C@H](Oc1ccc(OC)cc1)C(=O)Nc1ccc(C(C)C)cc1. The van der Waals surface area contributed by atoms with Crippen LogP contribution in [0.25, 0.3) is 0 Å². The summed E-state index contributed by atoms with van der Waals surface area (Å²) in [5.41, 5.74) is 2.02. The zero-order valence-corrected chi connectivity index (χ0v) is 14.7. The van der Waals surface area contributed by atoms with Gasteiger partial charge in [-0.05, 0) is 54.3 Å². The number of methoxy groups -OCH3 is 1. The first-order chi connectivity index (χ1) is 11.5. The molecule has 4 nitrogen and oxygen atoms in total. The summed E-state index contributed by atoms with van der Waals surface area (Å²) in [5.74, 6) is 1.72. The minimum Gasteiger partial charge on any atom is -0.497 e. The summed E-state index contributed by atoms with van der Waals surface area (Å²) < 4.78 is 10.9. The fourth-order valence-corrected chi connectivity index (χ4v) is 2.31. The van der Waals surface area contributed by atoms with E-state index >= 15 is 0 Å². The van der Waals surface area contributed by atoms with E-state index in [4.69, 9.17) is 9.47 Å². The van der Waals surface area contributed by atoms with Crippen molar-refractivity contribution in [2.24, 2.45) is 0 Å². The number of hydrogen-bond acceptors (Lipinski definition) is 3. The first kappa shape index (κ1) is 17.9. The van der Waals surface area contributed by atoms with Crippen LogP contribution in [0.1, 0.15) is 38.7 Å². The molecular weight excluding hydrogens is 302 g/mol. The standard InChI is InChI=1S/C20H25NO3/c1-5-19(24-18-12-10-17(23-4)11-13-18)20(22)21-16-8-6-15(7-9-16)14(2)3/h6-14,19H,5H2,1-4H3,(H,21,22)/t19-/m0/s1. The van der Waals surface area contributed by atoms with Gasteiger partial charge in [0.1, 0.15) is 11.5 Å². The number of carbonyl (C=O) groups excluding carboxylic acids is 1. The molecular formula is C20H25NO3. The molecule has 0 aromatic heterocycles. The summed E-state index contributed by atoms with van der Waals surface area (Å²) in [4.78, 5) is 12.4. The highest BCUT2D eigenvalue weighted by molar-refractivity contribution is 5.94. The third kappa shape index (κ3) is 4.75. The van der Waals surface area contributed by atoms with Crippen LogP contribution in [0, 0.1) is 0 Å². The minimum absolute atomic E-state index is 0.148. The van der Waals surface area contributed by atoms with Crippen molar-refractivity contribution in [1.82, 2.24) is 0 Å². The smallest absolute Gasteiger partial charge is 0.265 e. The molecule has 0 saturated carbocycles. The second-order valence-electron chi connectivity index (χ2n) is 5.96. The monoisotopic (exact) mass is 327 g/mol. The predicted octanol–water partition coefficient (Wildman–Crippen LogP) is 4.61. The second kappa shape index (κ2) is 8.39. The Morgan fingerprint density at radius 3 is 2.08 bits per heavy atom. The van der Waals surface area contributed by atoms with Crippen LogP contribution in [0.4, 0.5) is 5.69 Å². The molecule has 0 unspecified atom stereocenters. The Bertz CT molecular complexity index is 648. The van der Waals surface area contributed by atoms with Gasteiger partial charge >= 0.3 is 0 Å². The van der Waals surface area contributed by atoms with E-state index in [0.29, 0.717) is 18.1 Å². The minimum atomic E-state index is -0.539. The van der Waals surface area contributed by atoms with Gasteiger partial charge < -0.3 is 14.8 Å². The molecule has 0 aliphatic rings.